The van der Waals surface area contributed by atoms with Gasteiger partial charge in [-0.1, -0.05) is 140 Å². The number of hydrogen-bond acceptors (Lipinski definition) is 2. The lowest BCUT2D eigenvalue weighted by molar-refractivity contribution is 1.52. The molecule has 0 aliphatic carbocycles. The second-order valence-electron chi connectivity index (χ2n) is 11.3. The summed E-state index contributed by atoms with van der Waals surface area (Å²) < 4.78 is 0. The highest BCUT2D eigenvalue weighted by Crippen LogP contribution is 2.35. The summed E-state index contributed by atoms with van der Waals surface area (Å²) in [7, 11) is 0. The summed E-state index contributed by atoms with van der Waals surface area (Å²) in [6.45, 7) is 4.43. The van der Waals surface area contributed by atoms with Crippen LogP contribution in [0.2, 0.25) is 0 Å². The lowest BCUT2D eigenvalue weighted by Gasteiger charge is -2.16. The Kier molecular flexibility index (Phi) is 8.25. The lowest BCUT2D eigenvalue weighted by Crippen LogP contribution is -1.96. The zero-order chi connectivity index (χ0) is 31.1. The maximum absolute atomic E-state index is 4.43. The third-order valence-electron chi connectivity index (χ3n) is 8.23. The van der Waals surface area contributed by atoms with Crippen LogP contribution in [-0.4, -0.2) is 0 Å². The van der Waals surface area contributed by atoms with Crippen molar-refractivity contribution < 1.29 is 0 Å². The lowest BCUT2D eigenvalue weighted by atomic mass is 9.95. The zero-order valence-electron chi connectivity index (χ0n) is 25.5. The highest BCUT2D eigenvalue weighted by Gasteiger charge is 2.11. The molecule has 0 spiro atoms. The highest BCUT2D eigenvalue weighted by atomic mass is 14.9. The molecule has 46 heavy (non-hydrogen) atoms. The second-order valence-corrected chi connectivity index (χ2v) is 11.3. The van der Waals surface area contributed by atoms with Gasteiger partial charge < -0.3 is 10.6 Å². The third-order valence-corrected chi connectivity index (χ3v) is 8.23. The maximum atomic E-state index is 4.43. The van der Waals surface area contributed by atoms with E-state index in [4.69, 9.17) is 0 Å². The predicted octanol–water partition coefficient (Wildman–Crippen LogP) is 12.1. The average Bonchev–Trinajstić information content (AvgIpc) is 3.12. The summed E-state index contributed by atoms with van der Waals surface area (Å²) in [5, 5.41) is 12.1. The number of allylic oxidation sites excluding steroid dienone is 4. The molecule has 0 aliphatic heterocycles. The fraction of sp³-hybridized carbons (Fsp3) is 0. The van der Waals surface area contributed by atoms with Crippen molar-refractivity contribution in [3.05, 3.63) is 200 Å². The first-order valence-corrected chi connectivity index (χ1v) is 15.5. The number of fused-ring (bicyclic) bond motifs is 2. The van der Waals surface area contributed by atoms with Gasteiger partial charge in [-0.3, -0.25) is 0 Å². The molecular formula is C44H34N2. The molecule has 0 aliphatic rings. The quantitative estimate of drug-likeness (QED) is 0.163. The van der Waals surface area contributed by atoms with Crippen LogP contribution in [0.4, 0.5) is 17.1 Å². The zero-order valence-corrected chi connectivity index (χ0v) is 25.5. The van der Waals surface area contributed by atoms with E-state index in [1.165, 1.54) is 21.5 Å². The molecule has 7 rings (SSSR count). The van der Waals surface area contributed by atoms with E-state index in [2.05, 4.69) is 175 Å². The van der Waals surface area contributed by atoms with Gasteiger partial charge in [0.05, 0.1) is 0 Å². The largest absolute Gasteiger partial charge is 0.361 e. The molecule has 7 aromatic carbocycles. The Labute approximate surface area is 270 Å². The van der Waals surface area contributed by atoms with Gasteiger partial charge in [0.1, 0.15) is 0 Å². The first-order valence-electron chi connectivity index (χ1n) is 15.5. The van der Waals surface area contributed by atoms with Gasteiger partial charge in [0.15, 0.2) is 0 Å². The molecule has 0 aromatic heterocycles. The Hall–Kier alpha value is -6.12. The minimum absolute atomic E-state index is 0.949. The Bertz CT molecular complexity index is 2200. The van der Waals surface area contributed by atoms with Crippen LogP contribution in [0.25, 0.3) is 43.8 Å². The molecule has 0 fully saturated rings. The molecule has 2 heteroatoms. The van der Waals surface area contributed by atoms with Crippen LogP contribution in [0.3, 0.4) is 0 Å². The van der Waals surface area contributed by atoms with Gasteiger partial charge in [-0.05, 0) is 86.5 Å². The highest BCUT2D eigenvalue weighted by molar-refractivity contribution is 5.95. The molecule has 220 valence electrons. The monoisotopic (exact) mass is 590 g/mol. The van der Waals surface area contributed by atoms with Gasteiger partial charge in [-0.15, -0.1) is 0 Å². The molecule has 0 saturated carbocycles. The number of benzene rings is 7. The van der Waals surface area contributed by atoms with Gasteiger partial charge in [0, 0.05) is 34.2 Å². The van der Waals surface area contributed by atoms with E-state index in [9.17, 15) is 0 Å². The van der Waals surface area contributed by atoms with Crippen molar-refractivity contribution in [2.45, 2.75) is 0 Å². The van der Waals surface area contributed by atoms with Crippen LogP contribution in [-0.2, 0) is 0 Å². The van der Waals surface area contributed by atoms with E-state index in [-0.39, 0.29) is 0 Å². The molecular weight excluding hydrogens is 556 g/mol. The molecule has 0 atom stereocenters. The third kappa shape index (κ3) is 6.38. The molecule has 0 amide bonds. The molecule has 0 heterocycles. The number of anilines is 3. The van der Waals surface area contributed by atoms with Crippen molar-refractivity contribution in [2.24, 2.45) is 0 Å². The maximum Gasteiger partial charge on any atom is 0.0464 e. The van der Waals surface area contributed by atoms with Crippen molar-refractivity contribution in [2.75, 3.05) is 10.6 Å². The minimum Gasteiger partial charge on any atom is -0.361 e. The molecule has 7 aromatic rings. The number of rotatable bonds is 9. The van der Waals surface area contributed by atoms with Gasteiger partial charge in [-0.25, -0.2) is 0 Å². The molecule has 0 saturated heterocycles. The van der Waals surface area contributed by atoms with Crippen molar-refractivity contribution in [1.29, 1.82) is 0 Å². The van der Waals surface area contributed by atoms with Gasteiger partial charge in [0.2, 0.25) is 0 Å². The summed E-state index contributed by atoms with van der Waals surface area (Å²) >= 11 is 0. The minimum atomic E-state index is 0.949. The van der Waals surface area contributed by atoms with Gasteiger partial charge in [-0.2, -0.15) is 0 Å². The summed E-state index contributed by atoms with van der Waals surface area (Å²) in [6.07, 6.45) is 6.32. The SMILES string of the molecule is C=C(/C=C(\C=C/Nc1cccc2ccccc12)c1ccc(Nc2ccc3ccccc3c2)c(-c2ccccc2)c1)c1ccccc1. The van der Waals surface area contributed by atoms with Crippen molar-refractivity contribution >= 4 is 49.8 Å². The topological polar surface area (TPSA) is 24.1 Å². The van der Waals surface area contributed by atoms with Gasteiger partial charge >= 0.3 is 0 Å². The molecule has 2 N–H and O–H groups in total. The van der Waals surface area contributed by atoms with Crippen molar-refractivity contribution in [3.8, 4) is 11.1 Å². The fourth-order valence-corrected chi connectivity index (χ4v) is 5.84. The Morgan fingerprint density at radius 1 is 0.522 bits per heavy atom. The summed E-state index contributed by atoms with van der Waals surface area (Å²) in [4.78, 5) is 0. The molecule has 0 radical (unpaired) electrons. The smallest absolute Gasteiger partial charge is 0.0464 e. The number of nitrogens with one attached hydrogen (secondary N) is 2. The Balaban J connectivity index is 1.28. The number of hydrogen-bond donors (Lipinski definition) is 2. The van der Waals surface area contributed by atoms with Crippen LogP contribution in [0.1, 0.15) is 11.1 Å². The average molecular weight is 591 g/mol. The standard InChI is InChI=1S/C44H34N2/c1-32(33-13-4-2-5-14-33)29-39(27-28-45-43-22-12-20-35-18-10-11-21-41(35)43)38-24-26-44(42(31-38)36-16-6-3-7-17-36)46-40-25-23-34-15-8-9-19-37(34)30-40/h2-31,45-46H,1H2/b28-27-,39-29+. The second kappa shape index (κ2) is 13.3. The summed E-state index contributed by atoms with van der Waals surface area (Å²) in [5.74, 6) is 0. The normalized spacial score (nSPS) is 11.6. The van der Waals surface area contributed by atoms with Crippen LogP contribution >= 0.6 is 0 Å². The van der Waals surface area contributed by atoms with Crippen LogP contribution in [0.5, 0.6) is 0 Å². The van der Waals surface area contributed by atoms with E-state index in [0.29, 0.717) is 0 Å². The van der Waals surface area contributed by atoms with Crippen LogP contribution < -0.4 is 10.6 Å². The Morgan fingerprint density at radius 2 is 1.22 bits per heavy atom. The fourth-order valence-electron chi connectivity index (χ4n) is 5.84. The predicted molar refractivity (Wildman–Crippen MR) is 199 cm³/mol. The molecule has 0 unspecified atom stereocenters. The molecule has 2 nitrogen and oxygen atoms in total. The van der Waals surface area contributed by atoms with Gasteiger partial charge in [0.25, 0.3) is 0 Å². The van der Waals surface area contributed by atoms with E-state index < -0.39 is 0 Å². The van der Waals surface area contributed by atoms with Crippen molar-refractivity contribution in [1.82, 2.24) is 0 Å². The molecule has 0 bridgehead atoms. The first-order chi connectivity index (χ1) is 22.7. The van der Waals surface area contributed by atoms with E-state index in [0.717, 1.165) is 50.5 Å². The first kappa shape index (κ1) is 28.6. The summed E-state index contributed by atoms with van der Waals surface area (Å²) in [5.41, 5.74) is 9.62. The van der Waals surface area contributed by atoms with Crippen LogP contribution in [0.15, 0.2) is 189 Å². The van der Waals surface area contributed by atoms with Crippen molar-refractivity contribution in [3.63, 3.8) is 0 Å². The van der Waals surface area contributed by atoms with E-state index in [1.54, 1.807) is 0 Å². The van der Waals surface area contributed by atoms with Crippen LogP contribution in [0, 0.1) is 0 Å². The van der Waals surface area contributed by atoms with E-state index in [1.807, 2.05) is 24.4 Å². The van der Waals surface area contributed by atoms with E-state index >= 15 is 0 Å². The summed E-state index contributed by atoms with van der Waals surface area (Å²) in [6, 6.07) is 57.2. The Morgan fingerprint density at radius 3 is 2.04 bits per heavy atom.